The maximum absolute atomic E-state index is 5.61. The van der Waals surface area contributed by atoms with Gasteiger partial charge in [0.2, 0.25) is 5.95 Å². The van der Waals surface area contributed by atoms with Crippen molar-refractivity contribution in [2.45, 2.75) is 17.2 Å². The zero-order valence-electron chi connectivity index (χ0n) is 31.9. The van der Waals surface area contributed by atoms with Gasteiger partial charge in [0, 0.05) is 53.9 Å². The molecule has 0 fully saturated rings. The van der Waals surface area contributed by atoms with Crippen LogP contribution in [0.2, 0.25) is 0 Å². The van der Waals surface area contributed by atoms with Crippen LogP contribution in [-0.4, -0.2) is 19.1 Å². The van der Waals surface area contributed by atoms with E-state index in [4.69, 9.17) is 9.97 Å². The van der Waals surface area contributed by atoms with E-state index in [1.807, 2.05) is 11.8 Å². The van der Waals surface area contributed by atoms with Crippen LogP contribution in [0.5, 0.6) is 0 Å². The molecular weight excluding hydrogens is 737 g/mol. The minimum absolute atomic E-state index is 0.342. The average molecular weight is 771 g/mol. The number of rotatable bonds is 4. The zero-order valence-corrected chi connectivity index (χ0v) is 32.7. The molecular formula is C54H34N4S. The van der Waals surface area contributed by atoms with Crippen LogP contribution in [-0.2, 0) is 0 Å². The van der Waals surface area contributed by atoms with Crippen molar-refractivity contribution in [3.63, 3.8) is 0 Å². The molecule has 5 heteroatoms. The molecule has 13 rings (SSSR count). The third-order valence-electron chi connectivity index (χ3n) is 12.5. The van der Waals surface area contributed by atoms with E-state index in [1.54, 1.807) is 0 Å². The quantitative estimate of drug-likeness (QED) is 0.179. The van der Waals surface area contributed by atoms with Gasteiger partial charge < -0.3 is 4.57 Å². The molecule has 276 valence electrons. The Kier molecular flexibility index (Phi) is 7.04. The fourth-order valence-electron chi connectivity index (χ4n) is 9.92. The Hall–Kier alpha value is -7.21. The summed E-state index contributed by atoms with van der Waals surface area (Å²) in [4.78, 5) is 13.7. The molecule has 1 unspecified atom stereocenters. The molecule has 0 saturated carbocycles. The Labute approximate surface area is 344 Å². The molecule has 0 bridgehead atoms. The number of aromatic nitrogens is 4. The van der Waals surface area contributed by atoms with Gasteiger partial charge in [-0.1, -0.05) is 145 Å². The molecule has 2 aliphatic rings. The van der Waals surface area contributed by atoms with Crippen LogP contribution in [0, 0.1) is 0 Å². The smallest absolute Gasteiger partial charge is 0.235 e. The van der Waals surface area contributed by atoms with Crippen molar-refractivity contribution in [1.82, 2.24) is 19.1 Å². The Balaban J connectivity index is 1.09. The van der Waals surface area contributed by atoms with Gasteiger partial charge in [0.1, 0.15) is 0 Å². The molecule has 0 saturated heterocycles. The van der Waals surface area contributed by atoms with Gasteiger partial charge in [-0.05, 0) is 88.5 Å². The predicted molar refractivity (Wildman–Crippen MR) is 247 cm³/mol. The molecule has 11 aromatic rings. The Morgan fingerprint density at radius 1 is 0.508 bits per heavy atom. The maximum Gasteiger partial charge on any atom is 0.235 e. The first kappa shape index (κ1) is 32.8. The second-order valence-corrected chi connectivity index (χ2v) is 16.7. The summed E-state index contributed by atoms with van der Waals surface area (Å²) in [7, 11) is 0. The van der Waals surface area contributed by atoms with E-state index in [-0.39, 0.29) is 0 Å². The van der Waals surface area contributed by atoms with Gasteiger partial charge in [-0.15, -0.1) is 0 Å². The molecule has 4 heterocycles. The van der Waals surface area contributed by atoms with Gasteiger partial charge in [0.25, 0.3) is 0 Å². The standard InChI is InChI=1S/C54H34N4S/c1-2-15-34(16-3-1)57-46-26-11-7-18-36(46)44-31-33(29-30-48(44)57)43-32-49-51(38-20-5-4-17-35(38)43)41-22-8-12-27-47(41)58(49)54-55-45-25-10-6-21-40(45)52(56-54)42-24-14-23-39-37-19-9-13-28-50(37)59-53(39)42/h1-22,24-32,39H,23H2. The first-order valence-corrected chi connectivity index (χ1v) is 21.1. The first-order valence-electron chi connectivity index (χ1n) is 20.3. The van der Waals surface area contributed by atoms with Crippen LogP contribution in [0.25, 0.3) is 93.6 Å². The van der Waals surface area contributed by atoms with Crippen LogP contribution in [0.4, 0.5) is 0 Å². The number of hydrogen-bond acceptors (Lipinski definition) is 3. The molecule has 0 amide bonds. The molecule has 0 N–H and O–H groups in total. The third-order valence-corrected chi connectivity index (χ3v) is 13.8. The fourth-order valence-corrected chi connectivity index (χ4v) is 11.3. The van der Waals surface area contributed by atoms with E-state index < -0.39 is 0 Å². The van der Waals surface area contributed by atoms with Crippen molar-refractivity contribution in [1.29, 1.82) is 0 Å². The molecule has 1 aliphatic carbocycles. The van der Waals surface area contributed by atoms with E-state index in [1.165, 1.54) is 75.4 Å². The van der Waals surface area contributed by atoms with E-state index in [9.17, 15) is 0 Å². The summed E-state index contributed by atoms with van der Waals surface area (Å²) in [5.74, 6) is 1.02. The predicted octanol–water partition coefficient (Wildman–Crippen LogP) is 14.2. The van der Waals surface area contributed by atoms with Crippen LogP contribution < -0.4 is 0 Å². The molecule has 3 aromatic heterocycles. The number of para-hydroxylation sites is 4. The lowest BCUT2D eigenvalue weighted by atomic mass is 9.88. The van der Waals surface area contributed by atoms with E-state index in [0.717, 1.165) is 39.7 Å². The van der Waals surface area contributed by atoms with Gasteiger partial charge in [0.15, 0.2) is 0 Å². The Morgan fingerprint density at radius 3 is 2.05 bits per heavy atom. The van der Waals surface area contributed by atoms with Gasteiger partial charge in [0.05, 0.1) is 33.3 Å². The van der Waals surface area contributed by atoms with E-state index in [2.05, 4.69) is 197 Å². The molecule has 59 heavy (non-hydrogen) atoms. The summed E-state index contributed by atoms with van der Waals surface area (Å²) in [5.41, 5.74) is 12.6. The van der Waals surface area contributed by atoms with Crippen molar-refractivity contribution in [3.8, 4) is 22.8 Å². The maximum atomic E-state index is 5.61. The monoisotopic (exact) mass is 770 g/mol. The highest BCUT2D eigenvalue weighted by Gasteiger charge is 2.33. The minimum atomic E-state index is 0.342. The van der Waals surface area contributed by atoms with Crippen LogP contribution >= 0.6 is 11.8 Å². The van der Waals surface area contributed by atoms with Gasteiger partial charge in [-0.25, -0.2) is 9.97 Å². The highest BCUT2D eigenvalue weighted by molar-refractivity contribution is 8.03. The number of benzene rings is 8. The Morgan fingerprint density at radius 2 is 1.19 bits per heavy atom. The van der Waals surface area contributed by atoms with E-state index >= 15 is 0 Å². The summed E-state index contributed by atoms with van der Waals surface area (Å²) in [5, 5.41) is 8.36. The van der Waals surface area contributed by atoms with Crippen LogP contribution in [0.15, 0.2) is 198 Å². The number of nitrogens with zero attached hydrogens (tertiary/aromatic N) is 4. The van der Waals surface area contributed by atoms with Crippen molar-refractivity contribution >= 4 is 82.6 Å². The van der Waals surface area contributed by atoms with Crippen molar-refractivity contribution in [2.75, 3.05) is 0 Å². The summed E-state index contributed by atoms with van der Waals surface area (Å²) in [6.07, 6.45) is 5.63. The highest BCUT2D eigenvalue weighted by Crippen LogP contribution is 2.55. The molecule has 0 radical (unpaired) electrons. The summed E-state index contributed by atoms with van der Waals surface area (Å²) < 4.78 is 4.69. The topological polar surface area (TPSA) is 35.6 Å². The van der Waals surface area contributed by atoms with Gasteiger partial charge in [-0.2, -0.15) is 0 Å². The largest absolute Gasteiger partial charge is 0.309 e. The van der Waals surface area contributed by atoms with Crippen molar-refractivity contribution < 1.29 is 0 Å². The van der Waals surface area contributed by atoms with Gasteiger partial charge in [-0.3, -0.25) is 4.57 Å². The van der Waals surface area contributed by atoms with Gasteiger partial charge >= 0.3 is 0 Å². The highest BCUT2D eigenvalue weighted by atomic mass is 32.2. The molecule has 4 nitrogen and oxygen atoms in total. The normalized spacial score (nSPS) is 15.0. The second-order valence-electron chi connectivity index (χ2n) is 15.6. The van der Waals surface area contributed by atoms with E-state index in [0.29, 0.717) is 11.9 Å². The summed E-state index contributed by atoms with van der Waals surface area (Å²) >= 11 is 1.90. The fraction of sp³-hybridized carbons (Fsp3) is 0.0370. The lowest BCUT2D eigenvalue weighted by Gasteiger charge is -2.20. The molecule has 1 aliphatic heterocycles. The SMILES string of the molecule is C1=CC(c2nc(-n3c4ccccc4c4c5ccccc5c(-c5ccc6c(c5)c5ccccc5n6-c5ccccc5)cc43)nc3ccccc23)=C2Sc3ccccc3C2C1. The van der Waals surface area contributed by atoms with Crippen LogP contribution in [0.1, 0.15) is 23.6 Å². The number of thioether (sulfide) groups is 1. The lowest BCUT2D eigenvalue weighted by Crippen LogP contribution is -2.07. The number of allylic oxidation sites excluding steroid dienone is 4. The third kappa shape index (κ3) is 4.80. The minimum Gasteiger partial charge on any atom is -0.309 e. The summed E-state index contributed by atoms with van der Waals surface area (Å²) in [6.45, 7) is 0. The average Bonchev–Trinajstić information content (AvgIpc) is 3.96. The molecule has 1 atom stereocenters. The summed E-state index contributed by atoms with van der Waals surface area (Å²) in [6, 6.07) is 63.8. The lowest BCUT2D eigenvalue weighted by molar-refractivity contribution is 0.839. The number of fused-ring (bicyclic) bond motifs is 12. The molecule has 0 spiro atoms. The first-order chi connectivity index (χ1) is 29.3. The van der Waals surface area contributed by atoms with Crippen LogP contribution in [0.3, 0.4) is 0 Å². The Bertz CT molecular complexity index is 3630. The zero-order chi connectivity index (χ0) is 38.6. The number of hydrogen-bond donors (Lipinski definition) is 0. The second kappa shape index (κ2) is 12.6. The van der Waals surface area contributed by atoms with Crippen molar-refractivity contribution in [2.24, 2.45) is 0 Å². The van der Waals surface area contributed by atoms with Crippen molar-refractivity contribution in [3.05, 3.63) is 204 Å². The molecule has 8 aromatic carbocycles.